The molecule has 1 aliphatic rings. The lowest BCUT2D eigenvalue weighted by atomic mass is 10.0. The summed E-state index contributed by atoms with van der Waals surface area (Å²) >= 11 is 1.36. The third-order valence-corrected chi connectivity index (χ3v) is 3.34. The van der Waals surface area contributed by atoms with Gasteiger partial charge in [0, 0.05) is 24.5 Å². The standard InChI is InChI=1S/C8H17NO2.C3H4N2S/c1-6(2)9-4-3-7(10)8(11)5-9;4-3-1-2-6-5-3/h6-8,10-11H,3-5H2,1-2H3;1-2H,(H2,4,5). The Labute approximate surface area is 106 Å². The van der Waals surface area contributed by atoms with Crippen LogP contribution in [0.15, 0.2) is 11.4 Å². The van der Waals surface area contributed by atoms with Gasteiger partial charge in [-0.05, 0) is 37.9 Å². The second-order valence-electron chi connectivity index (χ2n) is 4.44. The van der Waals surface area contributed by atoms with Crippen LogP contribution in [0.5, 0.6) is 0 Å². The van der Waals surface area contributed by atoms with Crippen LogP contribution in [-0.4, -0.2) is 50.8 Å². The number of anilines is 1. The maximum Gasteiger partial charge on any atom is 0.136 e. The van der Waals surface area contributed by atoms with E-state index in [9.17, 15) is 10.2 Å². The number of β-amino-alcohol motifs (C(OH)–C–C–N with tert-alkyl or cyclic N) is 1. The number of nitrogens with two attached hydrogens (primary N) is 1. The lowest BCUT2D eigenvalue weighted by molar-refractivity contribution is -0.0456. The lowest BCUT2D eigenvalue weighted by Gasteiger charge is -2.35. The minimum absolute atomic E-state index is 0.470. The minimum atomic E-state index is -0.550. The zero-order chi connectivity index (χ0) is 12.8. The molecule has 17 heavy (non-hydrogen) atoms. The van der Waals surface area contributed by atoms with Crippen LogP contribution in [0.3, 0.4) is 0 Å². The van der Waals surface area contributed by atoms with E-state index < -0.39 is 12.2 Å². The summed E-state index contributed by atoms with van der Waals surface area (Å²) in [6.07, 6.45) is -0.365. The maximum absolute atomic E-state index is 9.31. The number of piperidine rings is 1. The molecule has 0 spiro atoms. The molecule has 2 unspecified atom stereocenters. The maximum atomic E-state index is 9.31. The summed E-state index contributed by atoms with van der Waals surface area (Å²) in [6.45, 7) is 5.71. The number of likely N-dealkylation sites (tertiary alicyclic amines) is 1. The van der Waals surface area contributed by atoms with Gasteiger partial charge in [0.1, 0.15) is 5.82 Å². The molecule has 6 heteroatoms. The predicted octanol–water partition coefficient (Wildman–Crippen LogP) is 0.548. The van der Waals surface area contributed by atoms with Crippen molar-refractivity contribution in [3.63, 3.8) is 0 Å². The van der Waals surface area contributed by atoms with Gasteiger partial charge in [-0.2, -0.15) is 4.37 Å². The van der Waals surface area contributed by atoms with Gasteiger partial charge in [0.05, 0.1) is 12.2 Å². The fraction of sp³-hybridized carbons (Fsp3) is 0.727. The van der Waals surface area contributed by atoms with E-state index in [1.165, 1.54) is 11.5 Å². The molecule has 2 atom stereocenters. The van der Waals surface area contributed by atoms with Gasteiger partial charge in [-0.3, -0.25) is 4.90 Å². The summed E-state index contributed by atoms with van der Waals surface area (Å²) in [4.78, 5) is 2.18. The molecule has 98 valence electrons. The smallest absolute Gasteiger partial charge is 0.136 e. The fourth-order valence-corrected chi connectivity index (χ4v) is 2.08. The number of hydrogen-bond donors (Lipinski definition) is 3. The molecule has 2 rings (SSSR count). The molecule has 1 fully saturated rings. The molecule has 1 aromatic rings. The quantitative estimate of drug-likeness (QED) is 0.686. The van der Waals surface area contributed by atoms with Gasteiger partial charge in [0.15, 0.2) is 0 Å². The van der Waals surface area contributed by atoms with Gasteiger partial charge < -0.3 is 15.9 Å². The number of aliphatic hydroxyl groups excluding tert-OH is 2. The summed E-state index contributed by atoms with van der Waals surface area (Å²) in [5, 5.41) is 20.3. The Morgan fingerprint density at radius 2 is 2.18 bits per heavy atom. The van der Waals surface area contributed by atoms with Crippen molar-refractivity contribution in [1.29, 1.82) is 0 Å². The third kappa shape index (κ3) is 4.99. The molecule has 0 radical (unpaired) electrons. The average molecular weight is 259 g/mol. The first-order chi connectivity index (χ1) is 8.00. The summed E-state index contributed by atoms with van der Waals surface area (Å²) in [7, 11) is 0. The van der Waals surface area contributed by atoms with Gasteiger partial charge in [-0.25, -0.2) is 0 Å². The highest BCUT2D eigenvalue weighted by atomic mass is 32.1. The van der Waals surface area contributed by atoms with Crippen LogP contribution in [-0.2, 0) is 0 Å². The number of nitrogens with zero attached hydrogens (tertiary/aromatic N) is 2. The van der Waals surface area contributed by atoms with Crippen LogP contribution in [0.1, 0.15) is 20.3 Å². The van der Waals surface area contributed by atoms with Crippen LogP contribution in [0.4, 0.5) is 5.82 Å². The van der Waals surface area contributed by atoms with E-state index in [4.69, 9.17) is 5.73 Å². The Bertz CT molecular complexity index is 306. The second-order valence-corrected chi connectivity index (χ2v) is 5.10. The summed E-state index contributed by atoms with van der Waals surface area (Å²) in [5.74, 6) is 0.611. The predicted molar refractivity (Wildman–Crippen MR) is 69.9 cm³/mol. The fourth-order valence-electron chi connectivity index (χ4n) is 1.63. The molecular weight excluding hydrogens is 238 g/mol. The van der Waals surface area contributed by atoms with Gasteiger partial charge in [-0.1, -0.05) is 0 Å². The Hall–Kier alpha value is -0.690. The van der Waals surface area contributed by atoms with E-state index in [1.807, 2.05) is 5.38 Å². The average Bonchev–Trinajstić information content (AvgIpc) is 2.74. The highest BCUT2D eigenvalue weighted by Crippen LogP contribution is 2.12. The van der Waals surface area contributed by atoms with E-state index in [2.05, 4.69) is 23.1 Å². The third-order valence-electron chi connectivity index (χ3n) is 2.77. The minimum Gasteiger partial charge on any atom is -0.390 e. The summed E-state index contributed by atoms with van der Waals surface area (Å²) in [6, 6.07) is 2.24. The molecule has 0 bridgehead atoms. The molecule has 1 saturated heterocycles. The molecule has 1 aliphatic heterocycles. The first-order valence-corrected chi connectivity index (χ1v) is 6.60. The Morgan fingerprint density at radius 1 is 1.47 bits per heavy atom. The largest absolute Gasteiger partial charge is 0.390 e. The lowest BCUT2D eigenvalue weighted by Crippen LogP contribution is -2.49. The Balaban J connectivity index is 0.000000202. The number of aliphatic hydroxyl groups is 2. The normalized spacial score (nSPS) is 25.5. The molecule has 2 heterocycles. The topological polar surface area (TPSA) is 82.6 Å². The van der Waals surface area contributed by atoms with Gasteiger partial charge in [0.25, 0.3) is 0 Å². The first-order valence-electron chi connectivity index (χ1n) is 5.76. The molecule has 0 amide bonds. The monoisotopic (exact) mass is 259 g/mol. The number of hydrogen-bond acceptors (Lipinski definition) is 6. The van der Waals surface area contributed by atoms with Crippen molar-refractivity contribution in [3.8, 4) is 0 Å². The van der Waals surface area contributed by atoms with Gasteiger partial charge in [-0.15, -0.1) is 0 Å². The Morgan fingerprint density at radius 3 is 2.53 bits per heavy atom. The van der Waals surface area contributed by atoms with Crippen molar-refractivity contribution in [1.82, 2.24) is 9.27 Å². The number of aromatic nitrogens is 1. The number of rotatable bonds is 1. The van der Waals surface area contributed by atoms with Crippen molar-refractivity contribution < 1.29 is 10.2 Å². The summed E-state index contributed by atoms with van der Waals surface area (Å²) < 4.78 is 3.74. The Kier molecular flexibility index (Phi) is 5.84. The zero-order valence-electron chi connectivity index (χ0n) is 10.3. The molecule has 0 aliphatic carbocycles. The van der Waals surface area contributed by atoms with Gasteiger partial charge in [0.2, 0.25) is 0 Å². The van der Waals surface area contributed by atoms with E-state index in [0.29, 0.717) is 24.8 Å². The summed E-state index contributed by atoms with van der Waals surface area (Å²) in [5.41, 5.74) is 5.18. The SMILES string of the molecule is CC(C)N1CCC(O)C(O)C1.Nc1ccsn1. The van der Waals surface area contributed by atoms with Crippen molar-refractivity contribution in [2.75, 3.05) is 18.8 Å². The molecular formula is C11H21N3O2S. The van der Waals surface area contributed by atoms with E-state index in [1.54, 1.807) is 6.07 Å². The number of nitrogen functional groups attached to an aromatic ring is 1. The second kappa shape index (κ2) is 6.90. The van der Waals surface area contributed by atoms with Crippen LogP contribution in [0, 0.1) is 0 Å². The zero-order valence-corrected chi connectivity index (χ0v) is 11.1. The highest BCUT2D eigenvalue weighted by molar-refractivity contribution is 7.03. The van der Waals surface area contributed by atoms with Crippen LogP contribution in [0.25, 0.3) is 0 Å². The van der Waals surface area contributed by atoms with Crippen molar-refractivity contribution in [3.05, 3.63) is 11.4 Å². The van der Waals surface area contributed by atoms with E-state index in [0.717, 1.165) is 6.54 Å². The van der Waals surface area contributed by atoms with Crippen molar-refractivity contribution >= 4 is 17.4 Å². The molecule has 1 aromatic heterocycles. The van der Waals surface area contributed by atoms with Crippen LogP contribution < -0.4 is 5.73 Å². The molecule has 0 saturated carbocycles. The van der Waals surface area contributed by atoms with Gasteiger partial charge >= 0.3 is 0 Å². The highest BCUT2D eigenvalue weighted by Gasteiger charge is 2.26. The molecule has 0 aromatic carbocycles. The molecule has 5 nitrogen and oxygen atoms in total. The first kappa shape index (κ1) is 14.4. The van der Waals surface area contributed by atoms with Crippen molar-refractivity contribution in [2.24, 2.45) is 0 Å². The van der Waals surface area contributed by atoms with E-state index >= 15 is 0 Å². The van der Waals surface area contributed by atoms with Crippen LogP contribution in [0.2, 0.25) is 0 Å². The van der Waals surface area contributed by atoms with Crippen molar-refractivity contribution in [2.45, 2.75) is 38.5 Å². The molecule has 4 N–H and O–H groups in total. The van der Waals surface area contributed by atoms with E-state index in [-0.39, 0.29) is 0 Å². The van der Waals surface area contributed by atoms with Crippen LogP contribution >= 0.6 is 11.5 Å².